The monoisotopic (exact) mass is 415 g/mol. The van der Waals surface area contributed by atoms with Gasteiger partial charge in [-0.3, -0.25) is 0 Å². The van der Waals surface area contributed by atoms with Crippen molar-refractivity contribution in [2.45, 2.75) is 81.6 Å². The van der Waals surface area contributed by atoms with E-state index in [0.29, 0.717) is 31.1 Å². The molecule has 0 radical (unpaired) electrons. The van der Waals surface area contributed by atoms with Crippen molar-refractivity contribution in [2.75, 3.05) is 0 Å². The van der Waals surface area contributed by atoms with Crippen molar-refractivity contribution < 1.29 is 22.8 Å². The molecular formula is C18H27BClNO5S. The number of nitrogens with one attached hydrogen (secondary N) is 1. The molecule has 1 heterocycles. The molecule has 2 fully saturated rings. The lowest BCUT2D eigenvalue weighted by Crippen LogP contribution is -2.41. The van der Waals surface area contributed by atoms with Crippen LogP contribution in [-0.2, 0) is 19.3 Å². The summed E-state index contributed by atoms with van der Waals surface area (Å²) >= 11 is 6.20. The van der Waals surface area contributed by atoms with E-state index >= 15 is 0 Å². The predicted octanol–water partition coefficient (Wildman–Crippen LogP) is 2.22. The molecule has 0 unspecified atom stereocenters. The molecule has 27 heavy (non-hydrogen) atoms. The summed E-state index contributed by atoms with van der Waals surface area (Å²) in [6.07, 6.45) is 2.05. The van der Waals surface area contributed by atoms with Crippen molar-refractivity contribution in [3.8, 4) is 0 Å². The Kier molecular flexibility index (Phi) is 5.71. The molecule has 0 atom stereocenters. The molecule has 1 saturated carbocycles. The zero-order chi connectivity index (χ0) is 20.0. The van der Waals surface area contributed by atoms with Gasteiger partial charge in [-0.05, 0) is 71.0 Å². The predicted molar refractivity (Wildman–Crippen MR) is 106 cm³/mol. The lowest BCUT2D eigenvalue weighted by atomic mass is 9.79. The second kappa shape index (κ2) is 7.32. The normalized spacial score (nSPS) is 27.7. The van der Waals surface area contributed by atoms with E-state index in [1.54, 1.807) is 12.1 Å². The molecule has 0 spiro atoms. The Morgan fingerprint density at radius 3 is 2.22 bits per heavy atom. The van der Waals surface area contributed by atoms with Gasteiger partial charge in [0.2, 0.25) is 10.0 Å². The number of hydrogen-bond acceptors (Lipinski definition) is 5. The topological polar surface area (TPSA) is 84.9 Å². The third-order valence-corrected chi connectivity index (χ3v) is 7.79. The lowest BCUT2D eigenvalue weighted by molar-refractivity contribution is 0.00578. The Morgan fingerprint density at radius 1 is 1.11 bits per heavy atom. The van der Waals surface area contributed by atoms with E-state index < -0.39 is 28.3 Å². The van der Waals surface area contributed by atoms with E-state index in [2.05, 4.69) is 4.72 Å². The molecule has 0 bridgehead atoms. The zero-order valence-corrected chi connectivity index (χ0v) is 17.7. The number of benzene rings is 1. The number of aliphatic hydroxyl groups excluding tert-OH is 1. The van der Waals surface area contributed by atoms with Crippen LogP contribution in [0.2, 0.25) is 5.02 Å². The summed E-state index contributed by atoms with van der Waals surface area (Å²) < 4.78 is 40.5. The Bertz CT molecular complexity index is 790. The second-order valence-corrected chi connectivity index (χ2v) is 10.5. The van der Waals surface area contributed by atoms with Gasteiger partial charge in [-0.15, -0.1) is 0 Å². The van der Waals surface area contributed by atoms with Crippen LogP contribution in [0.15, 0.2) is 23.1 Å². The van der Waals surface area contributed by atoms with Crippen LogP contribution in [0.25, 0.3) is 0 Å². The Morgan fingerprint density at radius 2 is 1.67 bits per heavy atom. The molecule has 1 saturated heterocycles. The van der Waals surface area contributed by atoms with Crippen LogP contribution >= 0.6 is 11.6 Å². The van der Waals surface area contributed by atoms with Gasteiger partial charge < -0.3 is 14.4 Å². The smallest absolute Gasteiger partial charge is 0.399 e. The second-order valence-electron chi connectivity index (χ2n) is 8.40. The lowest BCUT2D eigenvalue weighted by Gasteiger charge is -2.32. The third-order valence-electron chi connectivity index (χ3n) is 5.79. The first kappa shape index (κ1) is 21.1. The van der Waals surface area contributed by atoms with Crippen molar-refractivity contribution in [1.29, 1.82) is 0 Å². The largest absolute Gasteiger partial charge is 0.494 e. The van der Waals surface area contributed by atoms with Gasteiger partial charge in [0.05, 0.1) is 22.3 Å². The fourth-order valence-electron chi connectivity index (χ4n) is 3.33. The van der Waals surface area contributed by atoms with Gasteiger partial charge >= 0.3 is 7.12 Å². The molecule has 9 heteroatoms. The van der Waals surface area contributed by atoms with Gasteiger partial charge in [0.25, 0.3) is 0 Å². The van der Waals surface area contributed by atoms with Crippen molar-refractivity contribution in [1.82, 2.24) is 4.72 Å². The van der Waals surface area contributed by atoms with E-state index in [1.807, 2.05) is 27.7 Å². The number of halogens is 1. The highest BCUT2D eigenvalue weighted by atomic mass is 35.5. The fraction of sp³-hybridized carbons (Fsp3) is 0.667. The third kappa shape index (κ3) is 4.36. The fourth-order valence-corrected chi connectivity index (χ4v) is 5.17. The number of hydrogen-bond donors (Lipinski definition) is 2. The molecule has 1 aliphatic heterocycles. The zero-order valence-electron chi connectivity index (χ0n) is 16.2. The summed E-state index contributed by atoms with van der Waals surface area (Å²) in [5.41, 5.74) is -0.424. The first-order chi connectivity index (χ1) is 12.4. The summed E-state index contributed by atoms with van der Waals surface area (Å²) in [6.45, 7) is 7.78. The summed E-state index contributed by atoms with van der Waals surface area (Å²) in [5.74, 6) is 0. The molecular weight excluding hydrogens is 389 g/mol. The maximum Gasteiger partial charge on any atom is 0.494 e. The SMILES string of the molecule is CC1(C)OB(c2ccc(Cl)c(S(=O)(=O)NC3CCC(O)CC3)c2)OC1(C)C. The average molecular weight is 416 g/mol. The highest BCUT2D eigenvalue weighted by Crippen LogP contribution is 2.36. The van der Waals surface area contributed by atoms with Crippen molar-refractivity contribution >= 4 is 34.2 Å². The van der Waals surface area contributed by atoms with Gasteiger partial charge in [0.15, 0.2) is 0 Å². The van der Waals surface area contributed by atoms with Crippen molar-refractivity contribution in [3.63, 3.8) is 0 Å². The number of rotatable bonds is 4. The van der Waals surface area contributed by atoms with Crippen LogP contribution in [0.1, 0.15) is 53.4 Å². The van der Waals surface area contributed by atoms with E-state index in [4.69, 9.17) is 20.9 Å². The molecule has 2 aliphatic rings. The number of sulfonamides is 1. The first-order valence-corrected chi connectivity index (χ1v) is 11.1. The van der Waals surface area contributed by atoms with Crippen LogP contribution in [0.5, 0.6) is 0 Å². The van der Waals surface area contributed by atoms with E-state index in [-0.39, 0.29) is 22.1 Å². The van der Waals surface area contributed by atoms with Crippen LogP contribution in [0.4, 0.5) is 0 Å². The van der Waals surface area contributed by atoms with Crippen LogP contribution in [0.3, 0.4) is 0 Å². The van der Waals surface area contributed by atoms with Gasteiger partial charge in [0.1, 0.15) is 4.90 Å². The maximum atomic E-state index is 12.9. The van der Waals surface area contributed by atoms with E-state index in [1.165, 1.54) is 6.07 Å². The Balaban J connectivity index is 1.83. The van der Waals surface area contributed by atoms with Gasteiger partial charge in [-0.2, -0.15) is 0 Å². The van der Waals surface area contributed by atoms with Gasteiger partial charge in [0, 0.05) is 6.04 Å². The van der Waals surface area contributed by atoms with Crippen LogP contribution in [0, 0.1) is 0 Å². The number of aliphatic hydroxyl groups is 1. The van der Waals surface area contributed by atoms with Crippen molar-refractivity contribution in [2.24, 2.45) is 0 Å². The van der Waals surface area contributed by atoms with Crippen molar-refractivity contribution in [3.05, 3.63) is 23.2 Å². The molecule has 0 amide bonds. The summed E-state index contributed by atoms with van der Waals surface area (Å²) in [6, 6.07) is 4.60. The minimum atomic E-state index is -3.79. The quantitative estimate of drug-likeness (QED) is 0.737. The molecule has 0 aromatic heterocycles. The molecule has 1 aromatic rings. The van der Waals surface area contributed by atoms with Gasteiger partial charge in [-0.1, -0.05) is 17.7 Å². The summed E-state index contributed by atoms with van der Waals surface area (Å²) in [5, 5.41) is 9.75. The highest BCUT2D eigenvalue weighted by molar-refractivity contribution is 7.89. The molecule has 150 valence electrons. The Hall–Kier alpha value is -0.635. The molecule has 3 rings (SSSR count). The highest BCUT2D eigenvalue weighted by Gasteiger charge is 2.51. The minimum Gasteiger partial charge on any atom is -0.399 e. The summed E-state index contributed by atoms with van der Waals surface area (Å²) in [4.78, 5) is 0.0162. The van der Waals surface area contributed by atoms with E-state index in [0.717, 1.165) is 0 Å². The first-order valence-electron chi connectivity index (χ1n) is 9.27. The molecule has 2 N–H and O–H groups in total. The van der Waals surface area contributed by atoms with E-state index in [9.17, 15) is 13.5 Å². The maximum absolute atomic E-state index is 12.9. The average Bonchev–Trinajstić information content (AvgIpc) is 2.77. The Labute approximate surface area is 166 Å². The standard InChI is InChI=1S/C18H27BClNO5S/c1-17(2)18(3,4)26-19(25-17)12-5-10-15(20)16(11-12)27(23,24)21-13-6-8-14(22)9-7-13/h5,10-11,13-14,21-22H,6-9H2,1-4H3. The molecule has 1 aliphatic carbocycles. The van der Waals surface area contributed by atoms with Crippen LogP contribution in [-0.4, -0.2) is 44.0 Å². The molecule has 6 nitrogen and oxygen atoms in total. The minimum absolute atomic E-state index is 0.0162. The van der Waals surface area contributed by atoms with Crippen LogP contribution < -0.4 is 10.2 Å². The van der Waals surface area contributed by atoms with Gasteiger partial charge in [-0.25, -0.2) is 13.1 Å². The molecule has 1 aromatic carbocycles. The summed E-state index contributed by atoms with van der Waals surface area (Å²) in [7, 11) is -4.45.